The summed E-state index contributed by atoms with van der Waals surface area (Å²) in [5, 5.41) is 10.6. The van der Waals surface area contributed by atoms with E-state index in [1.165, 1.54) is 13.2 Å². The number of aliphatic carboxylic acids is 1. The fourth-order valence-corrected chi connectivity index (χ4v) is 5.07. The van der Waals surface area contributed by atoms with Crippen LogP contribution in [-0.4, -0.2) is 37.0 Å². The Balaban J connectivity index is 1.54. The summed E-state index contributed by atoms with van der Waals surface area (Å²) in [6.07, 6.45) is 1.29. The molecular weight excluding hydrogens is 472 g/mol. The van der Waals surface area contributed by atoms with Gasteiger partial charge in [0.25, 0.3) is 0 Å². The van der Waals surface area contributed by atoms with Gasteiger partial charge in [0.15, 0.2) is 28.1 Å². The van der Waals surface area contributed by atoms with Crippen LogP contribution < -0.4 is 14.9 Å². The molecule has 0 spiro atoms. The first kappa shape index (κ1) is 25.1. The van der Waals surface area contributed by atoms with E-state index in [1.54, 1.807) is 36.4 Å². The highest BCUT2D eigenvalue weighted by Gasteiger charge is 2.58. The van der Waals surface area contributed by atoms with Crippen LogP contribution in [0.2, 0.25) is 5.02 Å². The molecule has 1 saturated carbocycles. The highest BCUT2D eigenvalue weighted by molar-refractivity contribution is 6.34. The molecule has 2 unspecified atom stereocenters. The highest BCUT2D eigenvalue weighted by Crippen LogP contribution is 2.51. The van der Waals surface area contributed by atoms with Gasteiger partial charge in [-0.15, -0.1) is 0 Å². The quantitative estimate of drug-likeness (QED) is 0.391. The second-order valence-electron chi connectivity index (χ2n) is 9.78. The molecule has 0 amide bonds. The average molecular weight is 501 g/mol. The van der Waals surface area contributed by atoms with E-state index in [0.29, 0.717) is 45.2 Å². The van der Waals surface area contributed by atoms with Crippen molar-refractivity contribution in [1.82, 2.24) is 0 Å². The van der Waals surface area contributed by atoms with E-state index in [-0.39, 0.29) is 30.0 Å². The fraction of sp³-hybridized carbons (Fsp3) is 0.407. The molecule has 0 aliphatic heterocycles. The molecule has 0 saturated heterocycles. The Morgan fingerprint density at radius 2 is 1.94 bits per heavy atom. The number of carboxylic acids is 1. The number of methoxy groups -OCH3 is 1. The molecule has 35 heavy (non-hydrogen) atoms. The van der Waals surface area contributed by atoms with Crippen LogP contribution in [0.15, 0.2) is 51.7 Å². The molecule has 2 aromatic carbocycles. The maximum Gasteiger partial charge on any atom is 0.336 e. The number of fused-ring (bicyclic) bond motifs is 1. The number of carbonyl (C=O) groups is 1. The molecule has 2 atom stereocenters. The van der Waals surface area contributed by atoms with Gasteiger partial charge in [-0.05, 0) is 42.5 Å². The number of rotatable bonds is 8. The van der Waals surface area contributed by atoms with Crippen LogP contribution in [0.3, 0.4) is 0 Å². The molecule has 1 aromatic heterocycles. The zero-order chi connectivity index (χ0) is 25.4. The molecule has 0 bridgehead atoms. The first-order chi connectivity index (χ1) is 16.6. The first-order valence-electron chi connectivity index (χ1n) is 11.5. The van der Waals surface area contributed by atoms with Crippen LogP contribution in [0.4, 0.5) is 0 Å². The van der Waals surface area contributed by atoms with Gasteiger partial charge in [0.1, 0.15) is 12.4 Å². The molecule has 8 heteroatoms. The van der Waals surface area contributed by atoms with Crippen LogP contribution in [0.5, 0.6) is 11.5 Å². The summed E-state index contributed by atoms with van der Waals surface area (Å²) in [4.78, 5) is 24.7. The van der Waals surface area contributed by atoms with Gasteiger partial charge < -0.3 is 23.7 Å². The van der Waals surface area contributed by atoms with E-state index in [0.717, 1.165) is 6.42 Å². The summed E-state index contributed by atoms with van der Waals surface area (Å²) < 4.78 is 23.4. The molecular formula is C27H29ClO7. The van der Waals surface area contributed by atoms with Crippen molar-refractivity contribution in [3.05, 3.63) is 57.7 Å². The molecule has 1 aliphatic rings. The number of hydrogen-bond acceptors (Lipinski definition) is 6. The molecule has 0 radical (unpaired) electrons. The molecule has 1 N–H and O–H groups in total. The van der Waals surface area contributed by atoms with E-state index < -0.39 is 11.6 Å². The fourth-order valence-electron chi connectivity index (χ4n) is 4.86. The minimum atomic E-state index is -1.19. The zero-order valence-electron chi connectivity index (χ0n) is 20.2. The Morgan fingerprint density at radius 3 is 2.57 bits per heavy atom. The average Bonchev–Trinajstić information content (AvgIpc) is 2.77. The van der Waals surface area contributed by atoms with Crippen molar-refractivity contribution >= 4 is 28.5 Å². The van der Waals surface area contributed by atoms with E-state index in [9.17, 15) is 14.7 Å². The summed E-state index contributed by atoms with van der Waals surface area (Å²) >= 11 is 6.25. The summed E-state index contributed by atoms with van der Waals surface area (Å²) in [6.45, 7) is 6.32. The lowest BCUT2D eigenvalue weighted by Crippen LogP contribution is -2.60. The van der Waals surface area contributed by atoms with Crippen LogP contribution in [-0.2, 0) is 9.53 Å². The zero-order valence-corrected chi connectivity index (χ0v) is 21.0. The minimum Gasteiger partial charge on any atom is -0.492 e. The van der Waals surface area contributed by atoms with Crippen molar-refractivity contribution in [1.29, 1.82) is 0 Å². The van der Waals surface area contributed by atoms with Crippen LogP contribution in [0.25, 0.3) is 22.3 Å². The smallest absolute Gasteiger partial charge is 0.336 e. The van der Waals surface area contributed by atoms with E-state index in [1.807, 2.05) is 20.8 Å². The summed E-state index contributed by atoms with van der Waals surface area (Å²) in [5.74, 6) is 0.0785. The predicted molar refractivity (Wildman–Crippen MR) is 133 cm³/mol. The van der Waals surface area contributed by atoms with E-state index in [2.05, 4.69) is 0 Å². The van der Waals surface area contributed by atoms with Gasteiger partial charge in [-0.3, -0.25) is 4.79 Å². The summed E-state index contributed by atoms with van der Waals surface area (Å²) in [6, 6.07) is 11.6. The van der Waals surface area contributed by atoms with Gasteiger partial charge in [0.2, 0.25) is 0 Å². The lowest BCUT2D eigenvalue weighted by atomic mass is 9.58. The number of para-hydroxylation sites is 2. The maximum absolute atomic E-state index is 12.6. The summed E-state index contributed by atoms with van der Waals surface area (Å²) in [5.41, 5.74) is -0.772. The number of hydrogen-bond donors (Lipinski definition) is 1. The van der Waals surface area contributed by atoms with Crippen molar-refractivity contribution in [2.45, 2.75) is 39.2 Å². The number of benzene rings is 2. The van der Waals surface area contributed by atoms with Crippen molar-refractivity contribution in [3.8, 4) is 22.8 Å². The Labute approximate surface area is 208 Å². The standard InChI is InChI=1S/C27H29ClO7/c1-26(2,3)22-11-12-27(22,25(30)31)34-14-13-33-20-10-6-8-17(24(20)32-4)21-15-19(29)16-7-5-9-18(28)23(16)35-21/h5-10,15,22H,11-14H2,1-4H3,(H,30,31). The second kappa shape index (κ2) is 9.55. The number of halogens is 1. The van der Waals surface area contributed by atoms with Crippen molar-refractivity contribution in [3.63, 3.8) is 0 Å². The molecule has 7 nitrogen and oxygen atoms in total. The van der Waals surface area contributed by atoms with E-state index in [4.69, 9.17) is 30.2 Å². The topological polar surface area (TPSA) is 95.2 Å². The van der Waals surface area contributed by atoms with Crippen LogP contribution >= 0.6 is 11.6 Å². The second-order valence-corrected chi connectivity index (χ2v) is 10.2. The Bertz CT molecular complexity index is 1310. The lowest BCUT2D eigenvalue weighted by molar-refractivity contribution is -0.209. The third kappa shape index (κ3) is 4.62. The first-order valence-corrected chi connectivity index (χ1v) is 11.9. The van der Waals surface area contributed by atoms with E-state index >= 15 is 0 Å². The van der Waals surface area contributed by atoms with Gasteiger partial charge >= 0.3 is 5.97 Å². The molecule has 3 aromatic rings. The normalized spacial score (nSPS) is 19.9. The third-order valence-corrected chi connectivity index (χ3v) is 6.93. The van der Waals surface area contributed by atoms with Gasteiger partial charge in [-0.25, -0.2) is 4.79 Å². The van der Waals surface area contributed by atoms with Crippen molar-refractivity contribution < 1.29 is 28.5 Å². The predicted octanol–water partition coefficient (Wildman–Crippen LogP) is 5.80. The molecule has 1 heterocycles. The summed E-state index contributed by atoms with van der Waals surface area (Å²) in [7, 11) is 1.50. The Morgan fingerprint density at radius 1 is 1.20 bits per heavy atom. The lowest BCUT2D eigenvalue weighted by Gasteiger charge is -2.51. The maximum atomic E-state index is 12.6. The largest absolute Gasteiger partial charge is 0.492 e. The van der Waals surface area contributed by atoms with Crippen molar-refractivity contribution in [2.75, 3.05) is 20.3 Å². The van der Waals surface area contributed by atoms with Crippen LogP contribution in [0.1, 0.15) is 33.6 Å². The molecule has 186 valence electrons. The minimum absolute atomic E-state index is 0.0759. The number of carboxylic acid groups (broad SMARTS) is 1. The monoisotopic (exact) mass is 500 g/mol. The SMILES string of the molecule is COc1c(OCCOC2(C(=O)O)CCC2C(C)(C)C)cccc1-c1cc(=O)c2cccc(Cl)c2o1. The van der Waals surface area contributed by atoms with Gasteiger partial charge in [-0.1, -0.05) is 44.5 Å². The number of ether oxygens (including phenoxy) is 3. The Hall–Kier alpha value is -3.03. The molecule has 4 rings (SSSR count). The van der Waals surface area contributed by atoms with Crippen LogP contribution in [0, 0.1) is 11.3 Å². The Kier molecular flexibility index (Phi) is 6.84. The van der Waals surface area contributed by atoms with Gasteiger partial charge in [0.05, 0.1) is 29.7 Å². The van der Waals surface area contributed by atoms with Gasteiger partial charge in [0, 0.05) is 12.0 Å². The van der Waals surface area contributed by atoms with Crippen molar-refractivity contribution in [2.24, 2.45) is 11.3 Å². The third-order valence-electron chi connectivity index (χ3n) is 6.63. The molecule has 1 fully saturated rings. The highest BCUT2D eigenvalue weighted by atomic mass is 35.5. The molecule has 1 aliphatic carbocycles. The van der Waals surface area contributed by atoms with Gasteiger partial charge in [-0.2, -0.15) is 0 Å².